The highest BCUT2D eigenvalue weighted by Gasteiger charge is 2.13. The third kappa shape index (κ3) is 3.70. The summed E-state index contributed by atoms with van der Waals surface area (Å²) < 4.78 is 11.1. The van der Waals surface area contributed by atoms with Crippen molar-refractivity contribution in [2.75, 3.05) is 13.7 Å². The van der Waals surface area contributed by atoms with Crippen LogP contribution in [-0.4, -0.2) is 23.7 Å². The molecule has 1 N–H and O–H groups in total. The van der Waals surface area contributed by atoms with E-state index < -0.39 is 0 Å². The lowest BCUT2D eigenvalue weighted by atomic mass is 10.1. The van der Waals surface area contributed by atoms with E-state index in [1.54, 1.807) is 19.3 Å². The van der Waals surface area contributed by atoms with Crippen LogP contribution in [0.15, 0.2) is 43.0 Å². The monoisotopic (exact) mass is 359 g/mol. The van der Waals surface area contributed by atoms with Crippen LogP contribution >= 0.6 is 0 Å². The lowest BCUT2D eigenvalue weighted by Gasteiger charge is -2.12. The molecule has 0 spiro atoms. The molecule has 0 aliphatic carbocycles. The Balaban J connectivity index is 2.10. The second kappa shape index (κ2) is 7.79. The van der Waals surface area contributed by atoms with E-state index in [1.165, 1.54) is 5.56 Å². The van der Waals surface area contributed by atoms with E-state index in [-0.39, 0.29) is 0 Å². The quantitative estimate of drug-likeness (QED) is 0.506. The Kier molecular flexibility index (Phi) is 5.28. The molecule has 0 saturated carbocycles. The lowest BCUT2D eigenvalue weighted by Crippen LogP contribution is -1.98. The summed E-state index contributed by atoms with van der Waals surface area (Å²) in [6.45, 7) is 8.11. The maximum absolute atomic E-state index is 9.70. The smallest absolute Gasteiger partial charge is 0.168 e. The molecule has 3 aromatic rings. The van der Waals surface area contributed by atoms with Gasteiger partial charge in [-0.05, 0) is 49.2 Å². The van der Waals surface area contributed by atoms with Crippen molar-refractivity contribution in [3.63, 3.8) is 0 Å². The Bertz CT molecular complexity index is 1030. The minimum Gasteiger partial charge on any atom is -0.493 e. The van der Waals surface area contributed by atoms with Crippen LogP contribution in [0.5, 0.6) is 11.5 Å². The number of methoxy groups -OCH3 is 1. The number of hydrogen-bond acceptors (Lipinski definition) is 4. The third-order valence-corrected chi connectivity index (χ3v) is 4.35. The summed E-state index contributed by atoms with van der Waals surface area (Å²) in [4.78, 5) is 7.82. The lowest BCUT2D eigenvalue weighted by molar-refractivity contribution is 0.326. The number of nitriles is 1. The Morgan fingerprint density at radius 1 is 1.30 bits per heavy atom. The largest absolute Gasteiger partial charge is 0.493 e. The fourth-order valence-electron chi connectivity index (χ4n) is 2.81. The van der Waals surface area contributed by atoms with Gasteiger partial charge in [0, 0.05) is 5.56 Å². The van der Waals surface area contributed by atoms with E-state index in [4.69, 9.17) is 9.47 Å². The highest BCUT2D eigenvalue weighted by Crippen LogP contribution is 2.33. The van der Waals surface area contributed by atoms with Gasteiger partial charge in [-0.3, -0.25) is 0 Å². The molecule has 0 saturated heterocycles. The number of aryl methyl sites for hydroxylation is 2. The molecule has 3 rings (SSSR count). The number of hydrogen-bond donors (Lipinski definition) is 1. The van der Waals surface area contributed by atoms with Crippen LogP contribution in [0.25, 0.3) is 22.7 Å². The molecule has 0 aliphatic heterocycles. The maximum Gasteiger partial charge on any atom is 0.168 e. The molecule has 5 nitrogen and oxygen atoms in total. The number of nitrogens with one attached hydrogen (secondary N) is 1. The Morgan fingerprint density at radius 3 is 2.78 bits per heavy atom. The first-order chi connectivity index (χ1) is 13.1. The van der Waals surface area contributed by atoms with Crippen LogP contribution in [0, 0.1) is 25.2 Å². The predicted molar refractivity (Wildman–Crippen MR) is 108 cm³/mol. The van der Waals surface area contributed by atoms with Gasteiger partial charge in [-0.15, -0.1) is 0 Å². The fraction of sp³-hybridized carbons (Fsp3) is 0.182. The number of rotatable bonds is 6. The van der Waals surface area contributed by atoms with Crippen molar-refractivity contribution < 1.29 is 9.47 Å². The van der Waals surface area contributed by atoms with Gasteiger partial charge in [0.2, 0.25) is 0 Å². The minimum absolute atomic E-state index is 0.340. The van der Waals surface area contributed by atoms with Crippen molar-refractivity contribution in [1.82, 2.24) is 9.97 Å². The zero-order valence-electron chi connectivity index (χ0n) is 15.7. The Morgan fingerprint density at radius 2 is 2.07 bits per heavy atom. The highest BCUT2D eigenvalue weighted by atomic mass is 16.5. The van der Waals surface area contributed by atoms with Crippen LogP contribution in [0.3, 0.4) is 0 Å². The summed E-state index contributed by atoms with van der Waals surface area (Å²) in [7, 11) is 1.58. The van der Waals surface area contributed by atoms with Gasteiger partial charge in [0.25, 0.3) is 0 Å². The van der Waals surface area contributed by atoms with Crippen molar-refractivity contribution in [1.29, 1.82) is 5.26 Å². The standard InChI is InChI=1S/C22H21N3O2/c1-5-9-27-21-16(7-6-8-20(21)26-4)12-17(13-23)22-24-18-10-14(2)15(3)11-19(18)25-22/h5-8,10-12H,1,9H2,2-4H3,(H,24,25)/b17-12-. The molecule has 0 bridgehead atoms. The van der Waals surface area contributed by atoms with Crippen molar-refractivity contribution >= 4 is 22.7 Å². The number of nitrogens with zero attached hydrogens (tertiary/aromatic N) is 2. The van der Waals surface area contributed by atoms with Crippen molar-refractivity contribution in [3.8, 4) is 17.6 Å². The Labute approximate surface area is 158 Å². The van der Waals surface area contributed by atoms with Crippen LogP contribution in [0.2, 0.25) is 0 Å². The number of aromatic nitrogens is 2. The fourth-order valence-corrected chi connectivity index (χ4v) is 2.81. The van der Waals surface area contributed by atoms with E-state index >= 15 is 0 Å². The molecular formula is C22H21N3O2. The van der Waals surface area contributed by atoms with Gasteiger partial charge >= 0.3 is 0 Å². The molecule has 0 fully saturated rings. The van der Waals surface area contributed by atoms with Gasteiger partial charge in [-0.25, -0.2) is 4.98 Å². The van der Waals surface area contributed by atoms with Crippen molar-refractivity contribution in [2.45, 2.75) is 13.8 Å². The molecule has 2 aromatic carbocycles. The third-order valence-electron chi connectivity index (χ3n) is 4.35. The molecule has 0 unspecified atom stereocenters. The first-order valence-electron chi connectivity index (χ1n) is 8.57. The number of benzene rings is 2. The molecule has 1 heterocycles. The average molecular weight is 359 g/mol. The van der Waals surface area contributed by atoms with E-state index in [2.05, 4.69) is 29.5 Å². The number of allylic oxidation sites excluding steroid dienone is 1. The van der Waals surface area contributed by atoms with E-state index in [0.717, 1.165) is 22.2 Å². The number of H-pyrrole nitrogens is 1. The van der Waals surface area contributed by atoms with Crippen molar-refractivity contribution in [2.24, 2.45) is 0 Å². The highest BCUT2D eigenvalue weighted by molar-refractivity contribution is 5.91. The van der Waals surface area contributed by atoms with Gasteiger partial charge in [-0.2, -0.15) is 5.26 Å². The molecule has 1 aromatic heterocycles. The number of imidazole rings is 1. The maximum atomic E-state index is 9.70. The molecular weight excluding hydrogens is 338 g/mol. The number of aromatic amines is 1. The molecule has 27 heavy (non-hydrogen) atoms. The average Bonchev–Trinajstić information content (AvgIpc) is 3.07. The molecule has 136 valence electrons. The number of fused-ring (bicyclic) bond motifs is 1. The first kappa shape index (κ1) is 18.3. The van der Waals surface area contributed by atoms with Crippen LogP contribution < -0.4 is 9.47 Å². The van der Waals surface area contributed by atoms with Gasteiger partial charge in [0.05, 0.1) is 23.7 Å². The van der Waals surface area contributed by atoms with Crippen LogP contribution in [0.1, 0.15) is 22.5 Å². The second-order valence-electron chi connectivity index (χ2n) is 6.19. The Hall–Kier alpha value is -3.52. The van der Waals surface area contributed by atoms with Gasteiger partial charge in [0.1, 0.15) is 18.5 Å². The van der Waals surface area contributed by atoms with Crippen LogP contribution in [-0.2, 0) is 0 Å². The summed E-state index contributed by atoms with van der Waals surface area (Å²) in [5.41, 5.74) is 5.23. The van der Waals surface area contributed by atoms with E-state index in [1.807, 2.05) is 37.3 Å². The van der Waals surface area contributed by atoms with Gasteiger partial charge in [-0.1, -0.05) is 24.8 Å². The molecule has 5 heteroatoms. The summed E-state index contributed by atoms with van der Waals surface area (Å²) in [5.74, 6) is 1.68. The molecule has 0 amide bonds. The zero-order valence-corrected chi connectivity index (χ0v) is 15.7. The normalized spacial score (nSPS) is 11.3. The van der Waals surface area contributed by atoms with Gasteiger partial charge < -0.3 is 14.5 Å². The minimum atomic E-state index is 0.340. The summed E-state index contributed by atoms with van der Waals surface area (Å²) in [6.07, 6.45) is 3.41. The van der Waals surface area contributed by atoms with E-state index in [0.29, 0.717) is 29.5 Å². The second-order valence-corrected chi connectivity index (χ2v) is 6.19. The van der Waals surface area contributed by atoms with E-state index in [9.17, 15) is 5.26 Å². The molecule has 0 radical (unpaired) electrons. The van der Waals surface area contributed by atoms with Gasteiger partial charge in [0.15, 0.2) is 11.5 Å². The zero-order chi connectivity index (χ0) is 19.4. The van der Waals surface area contributed by atoms with Crippen LogP contribution in [0.4, 0.5) is 0 Å². The summed E-state index contributed by atoms with van der Waals surface area (Å²) in [5, 5.41) is 9.70. The molecule has 0 aliphatic rings. The number of ether oxygens (including phenoxy) is 2. The van der Waals surface area contributed by atoms with Crippen molar-refractivity contribution in [3.05, 3.63) is 65.5 Å². The number of para-hydroxylation sites is 1. The summed E-state index contributed by atoms with van der Waals surface area (Å²) >= 11 is 0. The molecule has 0 atom stereocenters. The first-order valence-corrected chi connectivity index (χ1v) is 8.57. The predicted octanol–water partition coefficient (Wildman–Crippen LogP) is 4.82. The SMILES string of the molecule is C=CCOc1c(/C=C(/C#N)c2nc3cc(C)c(C)cc3[nH]2)cccc1OC. The summed E-state index contributed by atoms with van der Waals surface area (Å²) in [6, 6.07) is 11.8. The topological polar surface area (TPSA) is 70.9 Å².